The Labute approximate surface area is 436 Å². The minimum absolute atomic E-state index is 0.0165. The highest BCUT2D eigenvalue weighted by Gasteiger charge is 2.50. The number of aromatic amines is 1. The SMILES string of the molecule is Cc1ncsc1-c1ccc(CNC(=O)[C@@H]2C[C@@H](O)CN2C(=O)[C@@H](NC(=O)N2CC3(CCC(N4CCC(c5cnc(N6CCc7[nH]c8nnc(-c9ccccc9O)cc8c7[C@@H]6C)nc5)CC4)CC3)C2)C(C)(C)C)cc1. The third-order valence-corrected chi connectivity index (χ3v) is 17.8. The number of aryl methyl sites for hydroxylation is 1. The first-order valence-corrected chi connectivity index (χ1v) is 27.3. The average Bonchev–Trinajstić information content (AvgIpc) is 4.12. The van der Waals surface area contributed by atoms with Gasteiger partial charge in [-0.2, -0.15) is 0 Å². The first kappa shape index (κ1) is 49.7. The second-order valence-corrected chi connectivity index (χ2v) is 23.5. The highest BCUT2D eigenvalue weighted by Crippen LogP contribution is 2.46. The van der Waals surface area contributed by atoms with Crippen LogP contribution in [0.2, 0.25) is 0 Å². The number of phenolic OH excluding ortho intramolecular Hbond substituents is 1. The Hall–Kier alpha value is -6.50. The summed E-state index contributed by atoms with van der Waals surface area (Å²) in [4.78, 5) is 68.9. The van der Waals surface area contributed by atoms with Crippen LogP contribution in [0.15, 0.2) is 72.5 Å². The Morgan fingerprint density at radius 3 is 2.36 bits per heavy atom. The zero-order valence-corrected chi connectivity index (χ0v) is 43.9. The van der Waals surface area contributed by atoms with Gasteiger partial charge in [0.05, 0.1) is 33.9 Å². The lowest BCUT2D eigenvalue weighted by Gasteiger charge is -2.55. The number of phenols is 1. The predicted octanol–water partition coefficient (Wildman–Crippen LogP) is 7.50. The monoisotopic (exact) mass is 1020 g/mol. The molecule has 5 aliphatic rings. The number of urea groups is 1. The molecule has 8 heterocycles. The van der Waals surface area contributed by atoms with Gasteiger partial charge in [-0.1, -0.05) is 57.2 Å². The molecule has 5 N–H and O–H groups in total. The molecule has 4 aromatic heterocycles. The van der Waals surface area contributed by atoms with E-state index in [2.05, 4.69) is 47.5 Å². The number of likely N-dealkylation sites (tertiary alicyclic amines) is 3. The molecule has 2 aromatic carbocycles. The number of aliphatic hydroxyl groups excluding tert-OH is 1. The van der Waals surface area contributed by atoms with Gasteiger partial charge in [-0.3, -0.25) is 9.59 Å². The van der Waals surface area contributed by atoms with Gasteiger partial charge in [-0.15, -0.1) is 21.5 Å². The number of piperidine rings is 1. The van der Waals surface area contributed by atoms with E-state index in [0.29, 0.717) is 36.3 Å². The normalized spacial score (nSPS) is 21.9. The van der Waals surface area contributed by atoms with E-state index >= 15 is 0 Å². The molecule has 4 amide bonds. The lowest BCUT2D eigenvalue weighted by atomic mass is 9.67. The van der Waals surface area contributed by atoms with Crippen LogP contribution in [-0.2, 0) is 22.6 Å². The Balaban J connectivity index is 0.640. The maximum Gasteiger partial charge on any atom is 0.318 e. The molecule has 3 saturated heterocycles. The largest absolute Gasteiger partial charge is 0.507 e. The first-order chi connectivity index (χ1) is 35.6. The molecule has 0 unspecified atom stereocenters. The Morgan fingerprint density at radius 1 is 0.946 bits per heavy atom. The van der Waals surface area contributed by atoms with Crippen molar-refractivity contribution < 1.29 is 24.6 Å². The third-order valence-electron chi connectivity index (χ3n) is 16.8. The molecule has 17 nitrogen and oxygen atoms in total. The van der Waals surface area contributed by atoms with Crippen LogP contribution in [0, 0.1) is 17.8 Å². The molecule has 11 rings (SSSR count). The fourth-order valence-electron chi connectivity index (χ4n) is 12.5. The van der Waals surface area contributed by atoms with Crippen LogP contribution in [0.25, 0.3) is 32.7 Å². The molecule has 0 bridgehead atoms. The van der Waals surface area contributed by atoms with Gasteiger partial charge in [0, 0.05) is 91.6 Å². The van der Waals surface area contributed by atoms with Crippen molar-refractivity contribution in [1.82, 2.24) is 55.5 Å². The fourth-order valence-corrected chi connectivity index (χ4v) is 13.3. The molecule has 74 heavy (non-hydrogen) atoms. The lowest BCUT2D eigenvalue weighted by Crippen LogP contribution is -2.66. The topological polar surface area (TPSA) is 209 Å². The van der Waals surface area contributed by atoms with Gasteiger partial charge >= 0.3 is 6.03 Å². The number of β-amino-alcohol motifs (C(OH)–C–C–N with tert-alkyl or cyclic N) is 1. The molecule has 4 atom stereocenters. The summed E-state index contributed by atoms with van der Waals surface area (Å²) in [5, 5.41) is 37.2. The van der Waals surface area contributed by atoms with E-state index in [4.69, 9.17) is 9.97 Å². The Morgan fingerprint density at radius 2 is 1.68 bits per heavy atom. The third kappa shape index (κ3) is 9.71. The number of nitrogens with one attached hydrogen (secondary N) is 3. The predicted molar refractivity (Wildman–Crippen MR) is 284 cm³/mol. The van der Waals surface area contributed by atoms with Gasteiger partial charge in [-0.05, 0) is 112 Å². The van der Waals surface area contributed by atoms with Gasteiger partial charge < -0.3 is 45.4 Å². The highest BCUT2D eigenvalue weighted by atomic mass is 32.1. The molecule has 1 saturated carbocycles. The number of thiazole rings is 1. The molecule has 1 aliphatic carbocycles. The number of carbonyl (C=O) groups excluding carboxylic acids is 3. The van der Waals surface area contributed by atoms with Crippen LogP contribution >= 0.6 is 11.3 Å². The molecule has 0 radical (unpaired) electrons. The molecule has 18 heteroatoms. The summed E-state index contributed by atoms with van der Waals surface area (Å²) in [5.74, 6) is 0.633. The molecular weight excluding hydrogens is 953 g/mol. The number of hydrogen-bond acceptors (Lipinski definition) is 13. The molecule has 4 aliphatic heterocycles. The van der Waals surface area contributed by atoms with Crippen molar-refractivity contribution in [3.8, 4) is 27.4 Å². The minimum atomic E-state index is -0.880. The van der Waals surface area contributed by atoms with Crippen LogP contribution in [0.3, 0.4) is 0 Å². The molecule has 1 spiro atoms. The molecule has 4 fully saturated rings. The number of rotatable bonds is 10. The van der Waals surface area contributed by atoms with Gasteiger partial charge in [0.1, 0.15) is 17.8 Å². The number of aliphatic hydroxyl groups is 1. The number of carbonyl (C=O) groups is 3. The van der Waals surface area contributed by atoms with Crippen LogP contribution < -0.4 is 15.5 Å². The zero-order chi connectivity index (χ0) is 51.5. The number of aromatic nitrogens is 6. The van der Waals surface area contributed by atoms with E-state index < -0.39 is 23.6 Å². The van der Waals surface area contributed by atoms with Crippen molar-refractivity contribution in [2.75, 3.05) is 44.2 Å². The number of H-pyrrole nitrogens is 1. The van der Waals surface area contributed by atoms with Crippen LogP contribution in [0.4, 0.5) is 10.7 Å². The number of amides is 4. The standard InChI is InChI=1S/C56H68N12O5S/c1-33-48(74-32-60-33)37-12-10-35(11-13-37)26-57-51(71)45-24-40(69)29-68(45)52(72)49(55(3,4)5)62-54(73)66-30-56(31-66)19-14-39(15-20-56)65-21-16-36(17-22-65)38-27-58-53(59-28-38)67-23-18-43-47(34(67)2)42-25-44(63-64-50(42)61-43)41-8-6-7-9-46(41)70/h6-13,25,27-28,32,34,36,39-40,45,49,69-70H,14-24,26,29-31H2,1-5H3,(H,57,71)(H,61,64)(H,62,73)/t34-,40+,45-,49+/m0/s1. The quantitative estimate of drug-likeness (QED) is 0.0904. The average molecular weight is 1020 g/mol. The summed E-state index contributed by atoms with van der Waals surface area (Å²) in [7, 11) is 0. The summed E-state index contributed by atoms with van der Waals surface area (Å²) in [5.41, 5.74) is 9.80. The molecule has 6 aromatic rings. The van der Waals surface area contributed by atoms with Crippen molar-refractivity contribution in [3.63, 3.8) is 0 Å². The van der Waals surface area contributed by atoms with Crippen LogP contribution in [0.1, 0.15) is 113 Å². The molecule has 388 valence electrons. The van der Waals surface area contributed by atoms with E-state index in [1.165, 1.54) is 16.0 Å². The second-order valence-electron chi connectivity index (χ2n) is 22.7. The second kappa shape index (κ2) is 20.0. The summed E-state index contributed by atoms with van der Waals surface area (Å²) in [6.45, 7) is 14.5. The van der Waals surface area contributed by atoms with Crippen molar-refractivity contribution in [3.05, 3.63) is 101 Å². The molecular formula is C56H68N12O5S. The van der Waals surface area contributed by atoms with Gasteiger partial charge in [0.15, 0.2) is 5.65 Å². The highest BCUT2D eigenvalue weighted by molar-refractivity contribution is 7.13. The fraction of sp³-hybridized carbons (Fsp3) is 0.500. The maximum atomic E-state index is 14.3. The van der Waals surface area contributed by atoms with Crippen LogP contribution in [-0.4, -0.2) is 136 Å². The number of para-hydroxylation sites is 1. The first-order valence-electron chi connectivity index (χ1n) is 26.4. The Kier molecular flexibility index (Phi) is 13.4. The van der Waals surface area contributed by atoms with Gasteiger partial charge in [-0.25, -0.2) is 19.7 Å². The number of nitrogens with zero attached hydrogens (tertiary/aromatic N) is 9. The van der Waals surface area contributed by atoms with E-state index in [0.717, 1.165) is 109 Å². The number of benzene rings is 2. The zero-order valence-electron chi connectivity index (χ0n) is 43.1. The number of aromatic hydroxyl groups is 1. The van der Waals surface area contributed by atoms with Crippen molar-refractivity contribution in [2.45, 2.75) is 129 Å². The summed E-state index contributed by atoms with van der Waals surface area (Å²) >= 11 is 1.59. The number of anilines is 1. The van der Waals surface area contributed by atoms with Crippen molar-refractivity contribution in [1.29, 1.82) is 0 Å². The van der Waals surface area contributed by atoms with Gasteiger partial charge in [0.2, 0.25) is 17.8 Å². The van der Waals surface area contributed by atoms with E-state index in [-0.39, 0.29) is 54.6 Å². The van der Waals surface area contributed by atoms with Crippen LogP contribution in [0.5, 0.6) is 5.75 Å². The summed E-state index contributed by atoms with van der Waals surface area (Å²) in [6.07, 6.45) is 10.7. The smallest absolute Gasteiger partial charge is 0.318 e. The van der Waals surface area contributed by atoms with E-state index in [1.807, 2.05) is 93.0 Å². The van der Waals surface area contributed by atoms with Crippen molar-refractivity contribution in [2.24, 2.45) is 10.8 Å². The number of hydrogen-bond donors (Lipinski definition) is 5. The Bertz CT molecular complexity index is 3020. The van der Waals surface area contributed by atoms with E-state index in [1.54, 1.807) is 23.5 Å². The van der Waals surface area contributed by atoms with Crippen molar-refractivity contribution >= 4 is 46.2 Å². The minimum Gasteiger partial charge on any atom is -0.507 e. The maximum absolute atomic E-state index is 14.3. The summed E-state index contributed by atoms with van der Waals surface area (Å²) in [6, 6.07) is 15.8. The summed E-state index contributed by atoms with van der Waals surface area (Å²) < 4.78 is 0. The van der Waals surface area contributed by atoms with E-state index in [9.17, 15) is 24.6 Å². The number of fused-ring (bicyclic) bond motifs is 3. The lowest BCUT2D eigenvalue weighted by molar-refractivity contribution is -0.142. The van der Waals surface area contributed by atoms with Gasteiger partial charge in [0.25, 0.3) is 0 Å².